The molecule has 0 amide bonds. The van der Waals surface area contributed by atoms with Gasteiger partial charge < -0.3 is 19.3 Å². The Morgan fingerprint density at radius 2 is 1.88 bits per heavy atom. The number of carboxylic acid groups (broad SMARTS) is 1. The summed E-state index contributed by atoms with van der Waals surface area (Å²) < 4.78 is 18.6. The van der Waals surface area contributed by atoms with Crippen LogP contribution in [0, 0.1) is 0 Å². The normalized spacial score (nSPS) is 12.1. The maximum Gasteiger partial charge on any atom is 0.346 e. The number of esters is 1. The summed E-state index contributed by atoms with van der Waals surface area (Å²) in [6.45, 7) is 2.79. The van der Waals surface area contributed by atoms with E-state index in [1.807, 2.05) is 37.5 Å². The predicted octanol–water partition coefficient (Wildman–Crippen LogP) is 5.24. The summed E-state index contributed by atoms with van der Waals surface area (Å²) in [5, 5.41) is 14.6. The van der Waals surface area contributed by atoms with Crippen molar-refractivity contribution in [3.63, 3.8) is 0 Å². The maximum absolute atomic E-state index is 11.8. The van der Waals surface area contributed by atoms with Crippen molar-refractivity contribution in [2.75, 3.05) is 13.2 Å². The van der Waals surface area contributed by atoms with E-state index in [4.69, 9.17) is 14.2 Å². The Bertz CT molecular complexity index is 1170. The average molecular weight is 485 g/mol. The van der Waals surface area contributed by atoms with Crippen molar-refractivity contribution in [1.29, 1.82) is 0 Å². The molecule has 8 nitrogen and oxygen atoms in total. The maximum atomic E-state index is 11.8. The lowest BCUT2D eigenvalue weighted by molar-refractivity contribution is -0.143. The number of thiophene rings is 1. The molecule has 0 saturated heterocycles. The number of benzene rings is 1. The van der Waals surface area contributed by atoms with Gasteiger partial charge in [0.25, 0.3) is 0 Å². The van der Waals surface area contributed by atoms with E-state index >= 15 is 0 Å². The molecule has 0 radical (unpaired) electrons. The van der Waals surface area contributed by atoms with Crippen LogP contribution in [0.3, 0.4) is 0 Å². The van der Waals surface area contributed by atoms with Crippen molar-refractivity contribution >= 4 is 23.3 Å². The van der Waals surface area contributed by atoms with Crippen molar-refractivity contribution < 1.29 is 28.9 Å². The number of carbonyl (C=O) groups excluding carboxylic acids is 1. The highest BCUT2D eigenvalue weighted by atomic mass is 32.1. The Kier molecular flexibility index (Phi) is 7.52. The van der Waals surface area contributed by atoms with E-state index in [1.165, 1.54) is 0 Å². The summed E-state index contributed by atoms with van der Waals surface area (Å²) in [4.78, 5) is 23.5. The number of aromatic carboxylic acids is 1. The van der Waals surface area contributed by atoms with Crippen molar-refractivity contribution in [2.24, 2.45) is 7.05 Å². The van der Waals surface area contributed by atoms with Gasteiger partial charge in [-0.3, -0.25) is 9.48 Å². The molecule has 1 aliphatic carbocycles. The number of carbonyl (C=O) groups is 2. The molecule has 4 rings (SSSR count). The summed E-state index contributed by atoms with van der Waals surface area (Å²) in [7, 11) is 1.86. The van der Waals surface area contributed by atoms with E-state index in [9.17, 15) is 14.7 Å². The van der Waals surface area contributed by atoms with Crippen LogP contribution in [0.15, 0.2) is 30.5 Å². The second kappa shape index (κ2) is 10.7. The monoisotopic (exact) mass is 484 g/mol. The third kappa shape index (κ3) is 5.25. The number of aromatic nitrogens is 2. The number of rotatable bonds is 11. The SMILES string of the molecule is CCOC(=O)CCCCCOc1ccc(Oc2sc(C(=O)O)c3c2-c2c(cnn2C)CC3)cc1. The molecule has 0 aliphatic heterocycles. The van der Waals surface area contributed by atoms with Gasteiger partial charge in [0.15, 0.2) is 5.06 Å². The van der Waals surface area contributed by atoms with Gasteiger partial charge in [-0.25, -0.2) is 4.79 Å². The molecule has 0 fully saturated rings. The van der Waals surface area contributed by atoms with Gasteiger partial charge in [0.1, 0.15) is 16.4 Å². The zero-order chi connectivity index (χ0) is 24.1. The topological polar surface area (TPSA) is 99.9 Å². The molecule has 1 aliphatic rings. The molecule has 3 aromatic rings. The van der Waals surface area contributed by atoms with Crippen LogP contribution in [-0.4, -0.2) is 40.0 Å². The van der Waals surface area contributed by atoms with Crippen molar-refractivity contribution in [3.8, 4) is 27.8 Å². The third-order valence-electron chi connectivity index (χ3n) is 5.70. The second-order valence-electron chi connectivity index (χ2n) is 8.06. The lowest BCUT2D eigenvalue weighted by Crippen LogP contribution is -2.08. The average Bonchev–Trinajstić information content (AvgIpc) is 3.38. The number of ether oxygens (including phenoxy) is 3. The fourth-order valence-corrected chi connectivity index (χ4v) is 5.15. The van der Waals surface area contributed by atoms with Crippen LogP contribution < -0.4 is 9.47 Å². The van der Waals surface area contributed by atoms with Gasteiger partial charge in [-0.15, -0.1) is 0 Å². The van der Waals surface area contributed by atoms with Gasteiger partial charge in [0, 0.05) is 13.5 Å². The molecule has 2 heterocycles. The Morgan fingerprint density at radius 3 is 2.62 bits per heavy atom. The first-order chi connectivity index (χ1) is 16.5. The molecular formula is C25H28N2O6S. The van der Waals surface area contributed by atoms with E-state index in [2.05, 4.69) is 5.10 Å². The highest BCUT2D eigenvalue weighted by Crippen LogP contribution is 2.48. The van der Waals surface area contributed by atoms with Crippen molar-refractivity contribution in [1.82, 2.24) is 9.78 Å². The van der Waals surface area contributed by atoms with Crippen LogP contribution in [0.5, 0.6) is 16.6 Å². The quantitative estimate of drug-likeness (QED) is 0.293. The molecule has 0 bridgehead atoms. The summed E-state index contributed by atoms with van der Waals surface area (Å²) >= 11 is 1.16. The summed E-state index contributed by atoms with van der Waals surface area (Å²) in [5.74, 6) is 0.247. The molecule has 0 saturated carbocycles. The number of unbranched alkanes of at least 4 members (excludes halogenated alkanes) is 2. The fourth-order valence-electron chi connectivity index (χ4n) is 4.10. The lowest BCUT2D eigenvalue weighted by Gasteiger charge is -2.16. The Hall–Kier alpha value is -3.33. The fraction of sp³-hybridized carbons (Fsp3) is 0.400. The number of nitrogens with zero attached hydrogens (tertiary/aromatic N) is 2. The minimum atomic E-state index is -0.937. The molecule has 0 unspecified atom stereocenters. The number of carboxylic acids is 1. The van der Waals surface area contributed by atoms with Crippen LogP contribution in [-0.2, 0) is 29.4 Å². The standard InChI is InChI=1S/C25H28N2O6S/c1-3-31-20(28)7-5-4-6-14-32-17-9-11-18(12-10-17)33-25-21-19(23(34-25)24(29)30)13-8-16-15-26-27(2)22(16)21/h9-12,15H,3-8,13-14H2,1-2H3,(H,29,30). The minimum Gasteiger partial charge on any atom is -0.494 e. The molecule has 1 N–H and O–H groups in total. The molecule has 0 spiro atoms. The third-order valence-corrected chi connectivity index (χ3v) is 6.80. The molecular weight excluding hydrogens is 456 g/mol. The largest absolute Gasteiger partial charge is 0.494 e. The zero-order valence-electron chi connectivity index (χ0n) is 19.3. The highest BCUT2D eigenvalue weighted by molar-refractivity contribution is 7.16. The van der Waals surface area contributed by atoms with Gasteiger partial charge in [0.2, 0.25) is 0 Å². The highest BCUT2D eigenvalue weighted by Gasteiger charge is 2.31. The first-order valence-corrected chi connectivity index (χ1v) is 12.3. The van der Waals surface area contributed by atoms with Gasteiger partial charge in [-0.05, 0) is 74.4 Å². The molecule has 1 aromatic carbocycles. The number of hydrogen-bond acceptors (Lipinski definition) is 7. The van der Waals surface area contributed by atoms with Crippen LogP contribution >= 0.6 is 11.3 Å². The minimum absolute atomic E-state index is 0.152. The molecule has 9 heteroatoms. The van der Waals surface area contributed by atoms with Crippen molar-refractivity contribution in [3.05, 3.63) is 46.5 Å². The van der Waals surface area contributed by atoms with Crippen LogP contribution in [0.2, 0.25) is 0 Å². The smallest absolute Gasteiger partial charge is 0.346 e. The number of hydrogen-bond donors (Lipinski definition) is 1. The summed E-state index contributed by atoms with van der Waals surface area (Å²) in [5.41, 5.74) is 3.65. The zero-order valence-corrected chi connectivity index (χ0v) is 20.2. The Labute approximate surface area is 202 Å². The molecule has 2 aromatic heterocycles. The van der Waals surface area contributed by atoms with Crippen molar-refractivity contribution in [2.45, 2.75) is 45.4 Å². The van der Waals surface area contributed by atoms with Gasteiger partial charge in [0.05, 0.1) is 30.7 Å². The van der Waals surface area contributed by atoms with Crippen LogP contribution in [0.1, 0.15) is 53.4 Å². The first-order valence-electron chi connectivity index (χ1n) is 11.4. The van der Waals surface area contributed by atoms with E-state index in [0.717, 1.165) is 65.2 Å². The van der Waals surface area contributed by atoms with E-state index in [0.29, 0.717) is 41.7 Å². The number of aryl methyl sites for hydroxylation is 2. The Morgan fingerprint density at radius 1 is 1.12 bits per heavy atom. The van der Waals surface area contributed by atoms with Gasteiger partial charge in [-0.1, -0.05) is 11.3 Å². The van der Waals surface area contributed by atoms with E-state index in [1.54, 1.807) is 11.6 Å². The van der Waals surface area contributed by atoms with Gasteiger partial charge >= 0.3 is 11.9 Å². The molecule has 180 valence electrons. The summed E-state index contributed by atoms with van der Waals surface area (Å²) in [6, 6.07) is 7.30. The van der Waals surface area contributed by atoms with Gasteiger partial charge in [-0.2, -0.15) is 5.10 Å². The second-order valence-corrected chi connectivity index (χ2v) is 9.04. The summed E-state index contributed by atoms with van der Waals surface area (Å²) in [6.07, 6.45) is 6.23. The number of fused-ring (bicyclic) bond motifs is 3. The van der Waals surface area contributed by atoms with E-state index < -0.39 is 5.97 Å². The van der Waals surface area contributed by atoms with Crippen LogP contribution in [0.25, 0.3) is 11.3 Å². The lowest BCUT2D eigenvalue weighted by atomic mass is 9.92. The first kappa shape index (κ1) is 23.8. The van der Waals surface area contributed by atoms with E-state index in [-0.39, 0.29) is 5.97 Å². The molecule has 0 atom stereocenters. The molecule has 34 heavy (non-hydrogen) atoms. The predicted molar refractivity (Wildman–Crippen MR) is 128 cm³/mol. The Balaban J connectivity index is 1.38. The van der Waals surface area contributed by atoms with Crippen LogP contribution in [0.4, 0.5) is 0 Å².